The van der Waals surface area contributed by atoms with E-state index in [1.54, 1.807) is 0 Å². The summed E-state index contributed by atoms with van der Waals surface area (Å²) in [5.41, 5.74) is 2.06. The zero-order valence-electron chi connectivity index (χ0n) is 17.3. The number of rotatable bonds is 7. The summed E-state index contributed by atoms with van der Waals surface area (Å²) in [7, 11) is 0. The SMILES string of the molecule is CCNC(=NCCc1ccc(NC(C)=O)cc1)NC1CCN(C2CCCC2)C1. The van der Waals surface area contributed by atoms with E-state index in [0.717, 1.165) is 43.7 Å². The molecule has 6 nitrogen and oxygen atoms in total. The van der Waals surface area contributed by atoms with Gasteiger partial charge in [0.05, 0.1) is 0 Å². The molecular weight excluding hydrogens is 350 g/mol. The van der Waals surface area contributed by atoms with Gasteiger partial charge in [0, 0.05) is 50.9 Å². The van der Waals surface area contributed by atoms with Crippen LogP contribution in [-0.4, -0.2) is 55.0 Å². The lowest BCUT2D eigenvalue weighted by Gasteiger charge is -2.24. The first kappa shape index (κ1) is 20.6. The van der Waals surface area contributed by atoms with Crippen LogP contribution in [-0.2, 0) is 11.2 Å². The molecule has 1 aromatic rings. The van der Waals surface area contributed by atoms with Crippen LogP contribution in [0.5, 0.6) is 0 Å². The highest BCUT2D eigenvalue weighted by molar-refractivity contribution is 5.88. The number of hydrogen-bond acceptors (Lipinski definition) is 3. The second kappa shape index (κ2) is 10.5. The Hall–Kier alpha value is -2.08. The summed E-state index contributed by atoms with van der Waals surface area (Å²) in [6, 6.07) is 9.30. The summed E-state index contributed by atoms with van der Waals surface area (Å²) in [6.07, 6.45) is 7.63. The Morgan fingerprint density at radius 3 is 2.61 bits per heavy atom. The number of carbonyl (C=O) groups excluding carboxylic acids is 1. The molecule has 0 spiro atoms. The molecule has 3 rings (SSSR count). The lowest BCUT2D eigenvalue weighted by molar-refractivity contribution is -0.114. The highest BCUT2D eigenvalue weighted by Crippen LogP contribution is 2.26. The van der Waals surface area contributed by atoms with Gasteiger partial charge in [0.2, 0.25) is 5.91 Å². The van der Waals surface area contributed by atoms with E-state index in [0.29, 0.717) is 6.04 Å². The molecule has 1 saturated carbocycles. The highest BCUT2D eigenvalue weighted by Gasteiger charge is 2.30. The van der Waals surface area contributed by atoms with Gasteiger partial charge in [-0.15, -0.1) is 0 Å². The fraction of sp³-hybridized carbons (Fsp3) is 0.636. The van der Waals surface area contributed by atoms with Gasteiger partial charge < -0.3 is 16.0 Å². The number of carbonyl (C=O) groups is 1. The first-order valence-electron chi connectivity index (χ1n) is 10.8. The maximum absolute atomic E-state index is 11.1. The molecule has 0 radical (unpaired) electrons. The van der Waals surface area contributed by atoms with Crippen molar-refractivity contribution in [3.8, 4) is 0 Å². The third-order valence-corrected chi connectivity index (χ3v) is 5.69. The van der Waals surface area contributed by atoms with Gasteiger partial charge in [-0.2, -0.15) is 0 Å². The van der Waals surface area contributed by atoms with Gasteiger partial charge in [-0.05, 0) is 50.3 Å². The van der Waals surface area contributed by atoms with Gasteiger partial charge >= 0.3 is 0 Å². The fourth-order valence-corrected chi connectivity index (χ4v) is 4.27. The first-order valence-corrected chi connectivity index (χ1v) is 10.8. The van der Waals surface area contributed by atoms with E-state index in [-0.39, 0.29) is 5.91 Å². The minimum absolute atomic E-state index is 0.0443. The molecule has 1 atom stereocenters. The summed E-state index contributed by atoms with van der Waals surface area (Å²) in [5.74, 6) is 0.882. The Bertz CT molecular complexity index is 651. The average Bonchev–Trinajstić information content (AvgIpc) is 3.34. The first-order chi connectivity index (χ1) is 13.6. The predicted octanol–water partition coefficient (Wildman–Crippen LogP) is 2.76. The largest absolute Gasteiger partial charge is 0.357 e. The van der Waals surface area contributed by atoms with Gasteiger partial charge in [-0.3, -0.25) is 14.7 Å². The lowest BCUT2D eigenvalue weighted by Crippen LogP contribution is -2.45. The van der Waals surface area contributed by atoms with Crippen LogP contribution in [0.2, 0.25) is 0 Å². The Morgan fingerprint density at radius 2 is 1.93 bits per heavy atom. The van der Waals surface area contributed by atoms with E-state index in [4.69, 9.17) is 4.99 Å². The van der Waals surface area contributed by atoms with Crippen LogP contribution >= 0.6 is 0 Å². The molecule has 154 valence electrons. The Kier molecular flexibility index (Phi) is 7.71. The van der Waals surface area contributed by atoms with Crippen molar-refractivity contribution in [2.75, 3.05) is 31.5 Å². The number of amides is 1. The van der Waals surface area contributed by atoms with Crippen molar-refractivity contribution in [3.63, 3.8) is 0 Å². The molecule has 6 heteroatoms. The molecule has 1 aliphatic carbocycles. The van der Waals surface area contributed by atoms with Crippen LogP contribution in [0.15, 0.2) is 29.3 Å². The maximum Gasteiger partial charge on any atom is 0.221 e. The Balaban J connectivity index is 1.46. The molecule has 0 bridgehead atoms. The van der Waals surface area contributed by atoms with Crippen LogP contribution in [0.4, 0.5) is 5.69 Å². The van der Waals surface area contributed by atoms with E-state index in [1.807, 2.05) is 12.1 Å². The van der Waals surface area contributed by atoms with Crippen molar-refractivity contribution in [3.05, 3.63) is 29.8 Å². The summed E-state index contributed by atoms with van der Waals surface area (Å²) in [4.78, 5) is 18.5. The van der Waals surface area contributed by atoms with Crippen molar-refractivity contribution >= 4 is 17.6 Å². The minimum atomic E-state index is -0.0443. The molecule has 2 fully saturated rings. The zero-order chi connectivity index (χ0) is 19.8. The number of guanidine groups is 1. The number of nitrogens with one attached hydrogen (secondary N) is 3. The van der Waals surface area contributed by atoms with E-state index >= 15 is 0 Å². The van der Waals surface area contributed by atoms with Crippen molar-refractivity contribution in [2.24, 2.45) is 4.99 Å². The summed E-state index contributed by atoms with van der Waals surface area (Å²) < 4.78 is 0. The number of likely N-dealkylation sites (tertiary alicyclic amines) is 1. The minimum Gasteiger partial charge on any atom is -0.357 e. The smallest absolute Gasteiger partial charge is 0.221 e. The number of aliphatic imine (C=N–C) groups is 1. The van der Waals surface area contributed by atoms with Crippen molar-refractivity contribution in [2.45, 2.75) is 64.5 Å². The van der Waals surface area contributed by atoms with Gasteiger partial charge in [-0.25, -0.2) is 0 Å². The Labute approximate surface area is 169 Å². The predicted molar refractivity (Wildman–Crippen MR) is 116 cm³/mol. The Morgan fingerprint density at radius 1 is 1.18 bits per heavy atom. The van der Waals surface area contributed by atoms with Gasteiger partial charge in [0.1, 0.15) is 0 Å². The molecule has 1 heterocycles. The van der Waals surface area contributed by atoms with Gasteiger partial charge in [0.25, 0.3) is 0 Å². The molecule has 2 aliphatic rings. The molecule has 1 saturated heterocycles. The van der Waals surface area contributed by atoms with Gasteiger partial charge in [0.15, 0.2) is 5.96 Å². The second-order valence-corrected chi connectivity index (χ2v) is 7.95. The van der Waals surface area contributed by atoms with Crippen molar-refractivity contribution in [1.29, 1.82) is 0 Å². The van der Waals surface area contributed by atoms with Gasteiger partial charge in [-0.1, -0.05) is 25.0 Å². The summed E-state index contributed by atoms with van der Waals surface area (Å²) in [6.45, 7) is 7.60. The monoisotopic (exact) mass is 385 g/mol. The summed E-state index contributed by atoms with van der Waals surface area (Å²) in [5, 5.41) is 9.82. The highest BCUT2D eigenvalue weighted by atomic mass is 16.1. The van der Waals surface area contributed by atoms with Crippen LogP contribution in [0.25, 0.3) is 0 Å². The third-order valence-electron chi connectivity index (χ3n) is 5.69. The van der Waals surface area contributed by atoms with E-state index < -0.39 is 0 Å². The third kappa shape index (κ3) is 6.23. The maximum atomic E-state index is 11.1. The van der Waals surface area contributed by atoms with Crippen molar-refractivity contribution < 1.29 is 4.79 Å². The number of anilines is 1. The van der Waals surface area contributed by atoms with E-state index in [9.17, 15) is 4.79 Å². The van der Waals surface area contributed by atoms with Crippen molar-refractivity contribution in [1.82, 2.24) is 15.5 Å². The molecule has 1 amide bonds. The normalized spacial score (nSPS) is 21.1. The number of hydrogen-bond donors (Lipinski definition) is 3. The molecule has 28 heavy (non-hydrogen) atoms. The molecule has 3 N–H and O–H groups in total. The van der Waals surface area contributed by atoms with Crippen LogP contribution in [0.1, 0.15) is 51.5 Å². The summed E-state index contributed by atoms with van der Waals surface area (Å²) >= 11 is 0. The van der Waals surface area contributed by atoms with Crippen LogP contribution < -0.4 is 16.0 Å². The van der Waals surface area contributed by atoms with E-state index in [1.165, 1.54) is 51.1 Å². The lowest BCUT2D eigenvalue weighted by atomic mass is 10.1. The molecule has 0 aromatic heterocycles. The number of nitrogens with zero attached hydrogens (tertiary/aromatic N) is 2. The second-order valence-electron chi connectivity index (χ2n) is 7.95. The molecule has 1 unspecified atom stereocenters. The fourth-order valence-electron chi connectivity index (χ4n) is 4.27. The molecular formula is C22H35N5O. The average molecular weight is 386 g/mol. The molecule has 1 aliphatic heterocycles. The molecule has 1 aromatic carbocycles. The standard InChI is InChI=1S/C22H35N5O/c1-3-23-22(26-20-13-15-27(16-20)21-6-4-5-7-21)24-14-12-18-8-10-19(11-9-18)25-17(2)28/h8-11,20-21H,3-7,12-16H2,1-2H3,(H,25,28)(H2,23,24,26). The van der Waals surface area contributed by atoms with Crippen LogP contribution in [0.3, 0.4) is 0 Å². The van der Waals surface area contributed by atoms with E-state index in [2.05, 4.69) is 39.9 Å². The van der Waals surface area contributed by atoms with Crippen LogP contribution in [0, 0.1) is 0 Å². The number of benzene rings is 1. The quantitative estimate of drug-likeness (QED) is 0.499. The topological polar surface area (TPSA) is 68.8 Å². The zero-order valence-corrected chi connectivity index (χ0v) is 17.3.